The van der Waals surface area contributed by atoms with Crippen LogP contribution in [0.15, 0.2) is 29.8 Å². The van der Waals surface area contributed by atoms with E-state index in [4.69, 9.17) is 0 Å². The highest BCUT2D eigenvalue weighted by Gasteiger charge is 2.18. The van der Waals surface area contributed by atoms with Crippen molar-refractivity contribution in [3.05, 3.63) is 56.0 Å². The fourth-order valence-electron chi connectivity index (χ4n) is 1.63. The van der Waals surface area contributed by atoms with Gasteiger partial charge in [-0.15, -0.1) is 11.3 Å². The number of nitro benzene ring substituents is 1. The molecule has 98 valence electrons. The number of nitro groups is 1. The maximum Gasteiger partial charge on any atom is 0.338 e. The second-order valence-corrected chi connectivity index (χ2v) is 4.67. The van der Waals surface area contributed by atoms with Crippen molar-refractivity contribution >= 4 is 23.0 Å². The minimum atomic E-state index is -0.594. The summed E-state index contributed by atoms with van der Waals surface area (Å²) in [5.41, 5.74) is 0.586. The molecular weight excluding hydrogens is 268 g/mol. The van der Waals surface area contributed by atoms with E-state index in [9.17, 15) is 14.9 Å². The van der Waals surface area contributed by atoms with Crippen molar-refractivity contribution in [2.75, 3.05) is 7.11 Å². The van der Waals surface area contributed by atoms with Gasteiger partial charge in [0.25, 0.3) is 5.69 Å². The third kappa shape index (κ3) is 2.94. The molecule has 0 aliphatic carbocycles. The normalized spacial score (nSPS) is 10.2. The summed E-state index contributed by atoms with van der Waals surface area (Å²) >= 11 is 1.43. The van der Waals surface area contributed by atoms with Crippen LogP contribution in [0.1, 0.15) is 20.9 Å². The lowest BCUT2D eigenvalue weighted by molar-refractivity contribution is -0.385. The van der Waals surface area contributed by atoms with Crippen LogP contribution in [-0.4, -0.2) is 23.0 Å². The number of methoxy groups -OCH3 is 1. The molecule has 0 bridgehead atoms. The lowest BCUT2D eigenvalue weighted by atomic mass is 10.1. The summed E-state index contributed by atoms with van der Waals surface area (Å²) in [7, 11) is 1.23. The lowest BCUT2D eigenvalue weighted by Gasteiger charge is -2.03. The summed E-state index contributed by atoms with van der Waals surface area (Å²) in [6.07, 6.45) is 2.02. The van der Waals surface area contributed by atoms with Crippen LogP contribution in [0.5, 0.6) is 0 Å². The Morgan fingerprint density at radius 1 is 1.53 bits per heavy atom. The molecule has 0 aliphatic heterocycles. The molecule has 1 aromatic carbocycles. The van der Waals surface area contributed by atoms with E-state index in [0.29, 0.717) is 12.0 Å². The van der Waals surface area contributed by atoms with E-state index in [0.717, 1.165) is 5.01 Å². The Hall–Kier alpha value is -2.28. The summed E-state index contributed by atoms with van der Waals surface area (Å²) in [5, 5.41) is 13.6. The Labute approximate surface area is 112 Å². The first kappa shape index (κ1) is 13.2. The van der Waals surface area contributed by atoms with Crippen LogP contribution in [0.25, 0.3) is 0 Å². The van der Waals surface area contributed by atoms with Gasteiger partial charge in [0.2, 0.25) is 0 Å². The molecule has 0 radical (unpaired) electrons. The SMILES string of the molecule is COC(=O)c1ccc(Cc2nccs2)c([N+](=O)[O-])c1. The first-order valence-electron chi connectivity index (χ1n) is 5.36. The number of esters is 1. The molecule has 0 aliphatic rings. The van der Waals surface area contributed by atoms with Crippen LogP contribution >= 0.6 is 11.3 Å². The van der Waals surface area contributed by atoms with E-state index >= 15 is 0 Å². The van der Waals surface area contributed by atoms with Crippen LogP contribution in [0.4, 0.5) is 5.69 Å². The number of ether oxygens (including phenoxy) is 1. The molecule has 0 N–H and O–H groups in total. The van der Waals surface area contributed by atoms with Gasteiger partial charge in [0.1, 0.15) is 0 Å². The number of aromatic nitrogens is 1. The van der Waals surface area contributed by atoms with Gasteiger partial charge in [0.15, 0.2) is 0 Å². The van der Waals surface area contributed by atoms with Crippen molar-refractivity contribution in [3.63, 3.8) is 0 Å². The van der Waals surface area contributed by atoms with E-state index in [1.54, 1.807) is 12.3 Å². The molecule has 1 aromatic heterocycles. The molecule has 0 atom stereocenters. The monoisotopic (exact) mass is 278 g/mol. The van der Waals surface area contributed by atoms with Crippen molar-refractivity contribution < 1.29 is 14.5 Å². The number of hydrogen-bond donors (Lipinski definition) is 0. The predicted molar refractivity (Wildman–Crippen MR) is 69.4 cm³/mol. The van der Waals surface area contributed by atoms with Gasteiger partial charge in [0, 0.05) is 29.6 Å². The number of thiazole rings is 1. The molecular formula is C12H10N2O4S. The number of hydrogen-bond acceptors (Lipinski definition) is 6. The number of carbonyl (C=O) groups is 1. The highest BCUT2D eigenvalue weighted by Crippen LogP contribution is 2.24. The summed E-state index contributed by atoms with van der Waals surface area (Å²) < 4.78 is 4.54. The second-order valence-electron chi connectivity index (χ2n) is 3.69. The fraction of sp³-hybridized carbons (Fsp3) is 0.167. The van der Waals surface area contributed by atoms with Crippen molar-refractivity contribution in [1.82, 2.24) is 4.98 Å². The predicted octanol–water partition coefficient (Wildman–Crippen LogP) is 2.43. The lowest BCUT2D eigenvalue weighted by Crippen LogP contribution is -2.04. The van der Waals surface area contributed by atoms with Crippen molar-refractivity contribution in [2.24, 2.45) is 0 Å². The molecule has 19 heavy (non-hydrogen) atoms. The van der Waals surface area contributed by atoms with E-state index in [2.05, 4.69) is 9.72 Å². The van der Waals surface area contributed by atoms with Crippen LogP contribution in [0, 0.1) is 10.1 Å². The smallest absolute Gasteiger partial charge is 0.338 e. The molecule has 1 heterocycles. The van der Waals surface area contributed by atoms with E-state index in [1.165, 1.54) is 30.6 Å². The van der Waals surface area contributed by atoms with Crippen LogP contribution < -0.4 is 0 Å². The number of benzene rings is 1. The average Bonchev–Trinajstić information content (AvgIpc) is 2.91. The molecule has 0 fully saturated rings. The van der Waals surface area contributed by atoms with Gasteiger partial charge in [-0.05, 0) is 6.07 Å². The molecule has 0 unspecified atom stereocenters. The Balaban J connectivity index is 2.38. The Morgan fingerprint density at radius 2 is 2.32 bits per heavy atom. The van der Waals surface area contributed by atoms with Gasteiger partial charge >= 0.3 is 5.97 Å². The third-order valence-corrected chi connectivity index (χ3v) is 3.31. The van der Waals surface area contributed by atoms with Crippen molar-refractivity contribution in [2.45, 2.75) is 6.42 Å². The standard InChI is InChI=1S/C12H10N2O4S/c1-18-12(15)9-3-2-8(10(6-9)14(16)17)7-11-13-4-5-19-11/h2-6H,7H2,1H3. The molecule has 7 heteroatoms. The molecule has 0 saturated heterocycles. The third-order valence-electron chi connectivity index (χ3n) is 2.53. The highest BCUT2D eigenvalue weighted by atomic mass is 32.1. The van der Waals surface area contributed by atoms with E-state index in [-0.39, 0.29) is 11.3 Å². The van der Waals surface area contributed by atoms with Gasteiger partial charge in [-0.1, -0.05) is 6.07 Å². The van der Waals surface area contributed by atoms with Crippen molar-refractivity contribution in [1.29, 1.82) is 0 Å². The first-order chi connectivity index (χ1) is 9.11. The zero-order chi connectivity index (χ0) is 13.8. The molecule has 2 aromatic rings. The van der Waals surface area contributed by atoms with Gasteiger partial charge in [-0.25, -0.2) is 9.78 Å². The van der Waals surface area contributed by atoms with Crippen LogP contribution in [-0.2, 0) is 11.2 Å². The van der Waals surface area contributed by atoms with Gasteiger partial charge in [-0.3, -0.25) is 10.1 Å². The topological polar surface area (TPSA) is 82.3 Å². The largest absolute Gasteiger partial charge is 0.465 e. The fourth-order valence-corrected chi connectivity index (χ4v) is 2.27. The quantitative estimate of drug-likeness (QED) is 0.487. The maximum atomic E-state index is 11.4. The summed E-state index contributed by atoms with van der Waals surface area (Å²) in [6.45, 7) is 0. The Bertz CT molecular complexity index is 610. The highest BCUT2D eigenvalue weighted by molar-refractivity contribution is 7.09. The molecule has 6 nitrogen and oxygen atoms in total. The second kappa shape index (κ2) is 5.57. The molecule has 2 rings (SSSR count). The Kier molecular flexibility index (Phi) is 3.86. The van der Waals surface area contributed by atoms with E-state index < -0.39 is 10.9 Å². The summed E-state index contributed by atoms with van der Waals surface area (Å²) in [6, 6.07) is 4.31. The van der Waals surface area contributed by atoms with Gasteiger partial charge < -0.3 is 4.74 Å². The zero-order valence-corrected chi connectivity index (χ0v) is 10.8. The number of carbonyl (C=O) groups excluding carboxylic acids is 1. The maximum absolute atomic E-state index is 11.4. The molecule has 0 spiro atoms. The van der Waals surface area contributed by atoms with Crippen LogP contribution in [0.2, 0.25) is 0 Å². The molecule has 0 saturated carbocycles. The molecule has 0 amide bonds. The van der Waals surface area contributed by atoms with Crippen LogP contribution in [0.3, 0.4) is 0 Å². The number of nitrogens with zero attached hydrogens (tertiary/aromatic N) is 2. The number of rotatable bonds is 4. The first-order valence-corrected chi connectivity index (χ1v) is 6.24. The van der Waals surface area contributed by atoms with Gasteiger partial charge in [0.05, 0.1) is 22.6 Å². The summed E-state index contributed by atoms with van der Waals surface area (Å²) in [4.78, 5) is 26.0. The summed E-state index contributed by atoms with van der Waals surface area (Å²) in [5.74, 6) is -0.594. The zero-order valence-electron chi connectivity index (χ0n) is 10.0. The van der Waals surface area contributed by atoms with Crippen molar-refractivity contribution in [3.8, 4) is 0 Å². The minimum Gasteiger partial charge on any atom is -0.465 e. The minimum absolute atomic E-state index is 0.0990. The average molecular weight is 278 g/mol. The van der Waals surface area contributed by atoms with Gasteiger partial charge in [-0.2, -0.15) is 0 Å². The van der Waals surface area contributed by atoms with E-state index in [1.807, 2.05) is 5.38 Å². The Morgan fingerprint density at radius 3 is 2.89 bits per heavy atom.